The Balaban J connectivity index is 3.95. The van der Waals surface area contributed by atoms with E-state index in [-0.39, 0.29) is 23.7 Å². The van der Waals surface area contributed by atoms with Crippen molar-refractivity contribution in [3.05, 3.63) is 0 Å². The molecule has 2 nitrogen and oxygen atoms in total. The van der Waals surface area contributed by atoms with Crippen molar-refractivity contribution in [2.24, 2.45) is 11.8 Å². The third-order valence-corrected chi connectivity index (χ3v) is 2.68. The van der Waals surface area contributed by atoms with Crippen LogP contribution < -0.4 is 0 Å². The van der Waals surface area contributed by atoms with Gasteiger partial charge in [-0.05, 0) is 19.3 Å². The fourth-order valence-corrected chi connectivity index (χ4v) is 1.38. The van der Waals surface area contributed by atoms with Gasteiger partial charge in [-0.3, -0.25) is 4.79 Å². The van der Waals surface area contributed by atoms with Gasteiger partial charge in [0.25, 0.3) is 0 Å². The van der Waals surface area contributed by atoms with Crippen LogP contribution in [0.3, 0.4) is 0 Å². The monoisotopic (exact) mass is 186 g/mol. The summed E-state index contributed by atoms with van der Waals surface area (Å²) in [6.45, 7) is 7.82. The molecule has 0 saturated heterocycles. The predicted molar refractivity (Wildman–Crippen MR) is 54.5 cm³/mol. The van der Waals surface area contributed by atoms with E-state index in [1.807, 2.05) is 27.7 Å². The zero-order chi connectivity index (χ0) is 10.4. The molecular weight excluding hydrogens is 164 g/mol. The lowest BCUT2D eigenvalue weighted by Gasteiger charge is -2.17. The molecule has 0 aliphatic rings. The molecule has 0 aromatic rings. The Labute approximate surface area is 81.3 Å². The molecule has 0 aliphatic heterocycles. The molecule has 3 unspecified atom stereocenters. The van der Waals surface area contributed by atoms with Crippen molar-refractivity contribution in [3.63, 3.8) is 0 Å². The van der Waals surface area contributed by atoms with Crippen molar-refractivity contribution < 1.29 is 9.90 Å². The van der Waals surface area contributed by atoms with Crippen LogP contribution in [0.2, 0.25) is 0 Å². The van der Waals surface area contributed by atoms with Gasteiger partial charge in [0.1, 0.15) is 5.78 Å². The van der Waals surface area contributed by atoms with Crippen LogP contribution in [-0.2, 0) is 4.79 Å². The normalized spacial score (nSPS) is 17.9. The second-order valence-electron chi connectivity index (χ2n) is 3.91. The molecule has 0 radical (unpaired) electrons. The van der Waals surface area contributed by atoms with E-state index in [1.54, 1.807) is 0 Å². The average molecular weight is 186 g/mol. The zero-order valence-electron chi connectivity index (χ0n) is 9.21. The molecule has 0 rings (SSSR count). The molecule has 1 N–H and O–H groups in total. The summed E-state index contributed by atoms with van der Waals surface area (Å²) >= 11 is 0. The Morgan fingerprint density at radius 1 is 1.15 bits per heavy atom. The van der Waals surface area contributed by atoms with E-state index in [0.717, 1.165) is 12.8 Å². The number of Topliss-reactive ketones (excluding diaryl/α,β-unsaturated/α-hetero) is 1. The topological polar surface area (TPSA) is 37.3 Å². The first-order valence-corrected chi connectivity index (χ1v) is 5.24. The predicted octanol–water partition coefficient (Wildman–Crippen LogP) is 2.40. The third kappa shape index (κ3) is 4.41. The fraction of sp³-hybridized carbons (Fsp3) is 0.909. The SMILES string of the molecule is CCC(O)CC(C)C(=O)C(C)CC. The molecule has 78 valence electrons. The molecule has 0 saturated carbocycles. The van der Waals surface area contributed by atoms with Gasteiger partial charge in [-0.2, -0.15) is 0 Å². The highest BCUT2D eigenvalue weighted by atomic mass is 16.3. The van der Waals surface area contributed by atoms with Crippen LogP contribution in [0.4, 0.5) is 0 Å². The van der Waals surface area contributed by atoms with Crippen molar-refractivity contribution in [3.8, 4) is 0 Å². The average Bonchev–Trinajstić information content (AvgIpc) is 2.14. The Kier molecular flexibility index (Phi) is 5.97. The summed E-state index contributed by atoms with van der Waals surface area (Å²) in [5.74, 6) is 0.430. The van der Waals surface area contributed by atoms with E-state index in [0.29, 0.717) is 6.42 Å². The van der Waals surface area contributed by atoms with Crippen LogP contribution in [-0.4, -0.2) is 17.0 Å². The zero-order valence-corrected chi connectivity index (χ0v) is 9.21. The lowest BCUT2D eigenvalue weighted by molar-refractivity contribution is -0.126. The van der Waals surface area contributed by atoms with Gasteiger partial charge in [0.15, 0.2) is 0 Å². The second-order valence-corrected chi connectivity index (χ2v) is 3.91. The number of carbonyl (C=O) groups excluding carboxylic acids is 1. The Bertz CT molecular complexity index is 154. The largest absolute Gasteiger partial charge is 0.393 e. The number of rotatable bonds is 6. The summed E-state index contributed by atoms with van der Waals surface area (Å²) in [6.07, 6.45) is 1.92. The molecule has 0 aromatic heterocycles. The molecule has 0 amide bonds. The molecule has 0 bridgehead atoms. The van der Waals surface area contributed by atoms with Crippen molar-refractivity contribution in [1.29, 1.82) is 0 Å². The lowest BCUT2D eigenvalue weighted by atomic mass is 9.89. The number of carbonyl (C=O) groups is 1. The van der Waals surface area contributed by atoms with Crippen molar-refractivity contribution in [2.45, 2.75) is 53.1 Å². The summed E-state index contributed by atoms with van der Waals surface area (Å²) in [6, 6.07) is 0. The Morgan fingerprint density at radius 3 is 2.08 bits per heavy atom. The Morgan fingerprint density at radius 2 is 1.69 bits per heavy atom. The molecule has 0 aliphatic carbocycles. The van der Waals surface area contributed by atoms with Gasteiger partial charge in [0, 0.05) is 11.8 Å². The quantitative estimate of drug-likeness (QED) is 0.691. The van der Waals surface area contributed by atoms with Crippen LogP contribution in [0.5, 0.6) is 0 Å². The van der Waals surface area contributed by atoms with Gasteiger partial charge in [0.05, 0.1) is 6.10 Å². The molecule has 2 heteroatoms. The summed E-state index contributed by atoms with van der Waals surface area (Å²) in [7, 11) is 0. The third-order valence-electron chi connectivity index (χ3n) is 2.68. The molecule has 13 heavy (non-hydrogen) atoms. The van der Waals surface area contributed by atoms with Crippen LogP contribution >= 0.6 is 0 Å². The van der Waals surface area contributed by atoms with E-state index in [2.05, 4.69) is 0 Å². The summed E-state index contributed by atoms with van der Waals surface area (Å²) in [4.78, 5) is 11.6. The van der Waals surface area contributed by atoms with Crippen molar-refractivity contribution in [2.75, 3.05) is 0 Å². The maximum absolute atomic E-state index is 11.6. The van der Waals surface area contributed by atoms with Crippen LogP contribution in [0.1, 0.15) is 47.0 Å². The van der Waals surface area contributed by atoms with Gasteiger partial charge in [-0.1, -0.05) is 27.7 Å². The molecule has 0 fully saturated rings. The second kappa shape index (κ2) is 6.14. The summed E-state index contributed by atoms with van der Waals surface area (Å²) in [5, 5.41) is 9.38. The maximum Gasteiger partial charge on any atom is 0.138 e. The minimum atomic E-state index is -0.317. The van der Waals surface area contributed by atoms with Crippen molar-refractivity contribution >= 4 is 5.78 Å². The van der Waals surface area contributed by atoms with Gasteiger partial charge in [0.2, 0.25) is 0 Å². The molecule has 0 aromatic carbocycles. The van der Waals surface area contributed by atoms with Crippen LogP contribution in [0.25, 0.3) is 0 Å². The highest BCUT2D eigenvalue weighted by Gasteiger charge is 2.20. The number of ketones is 1. The number of aliphatic hydroxyl groups excluding tert-OH is 1. The van der Waals surface area contributed by atoms with E-state index >= 15 is 0 Å². The minimum Gasteiger partial charge on any atom is -0.393 e. The summed E-state index contributed by atoms with van der Waals surface area (Å²) < 4.78 is 0. The van der Waals surface area contributed by atoms with E-state index in [1.165, 1.54) is 0 Å². The molecule has 0 spiro atoms. The van der Waals surface area contributed by atoms with Gasteiger partial charge < -0.3 is 5.11 Å². The first-order valence-electron chi connectivity index (χ1n) is 5.24. The van der Waals surface area contributed by atoms with Gasteiger partial charge >= 0.3 is 0 Å². The van der Waals surface area contributed by atoms with Gasteiger partial charge in [-0.15, -0.1) is 0 Å². The highest BCUT2D eigenvalue weighted by Crippen LogP contribution is 2.16. The van der Waals surface area contributed by atoms with E-state index in [9.17, 15) is 9.90 Å². The first-order chi connectivity index (χ1) is 6.02. The minimum absolute atomic E-state index is 0.00454. The fourth-order valence-electron chi connectivity index (χ4n) is 1.38. The standard InChI is InChI=1S/C11H22O2/c1-5-8(3)11(13)9(4)7-10(12)6-2/h8-10,12H,5-7H2,1-4H3. The van der Waals surface area contributed by atoms with Gasteiger partial charge in [-0.25, -0.2) is 0 Å². The summed E-state index contributed by atoms with van der Waals surface area (Å²) in [5.41, 5.74) is 0. The van der Waals surface area contributed by atoms with Crippen molar-refractivity contribution in [1.82, 2.24) is 0 Å². The lowest BCUT2D eigenvalue weighted by Crippen LogP contribution is -2.23. The number of aliphatic hydroxyl groups is 1. The van der Waals surface area contributed by atoms with E-state index < -0.39 is 0 Å². The van der Waals surface area contributed by atoms with E-state index in [4.69, 9.17) is 0 Å². The molecule has 3 atom stereocenters. The Hall–Kier alpha value is -0.370. The number of hydrogen-bond acceptors (Lipinski definition) is 2. The molecular formula is C11H22O2. The van der Waals surface area contributed by atoms with Crippen LogP contribution in [0, 0.1) is 11.8 Å². The maximum atomic E-state index is 11.6. The first kappa shape index (κ1) is 12.6. The molecule has 0 heterocycles. The highest BCUT2D eigenvalue weighted by molar-refractivity contribution is 5.82. The smallest absolute Gasteiger partial charge is 0.138 e. The number of hydrogen-bond donors (Lipinski definition) is 1. The van der Waals surface area contributed by atoms with Crippen LogP contribution in [0.15, 0.2) is 0 Å².